The van der Waals surface area contributed by atoms with Gasteiger partial charge >= 0.3 is 0 Å². The fourth-order valence-electron chi connectivity index (χ4n) is 3.03. The van der Waals surface area contributed by atoms with Gasteiger partial charge in [0.1, 0.15) is 0 Å². The van der Waals surface area contributed by atoms with Gasteiger partial charge in [-0.1, -0.05) is 34.8 Å². The van der Waals surface area contributed by atoms with Crippen LogP contribution in [0.4, 0.5) is 11.4 Å². The minimum atomic E-state index is 0.0200. The highest BCUT2D eigenvalue weighted by atomic mass is 35.5. The average molecular weight is 425 g/mol. The summed E-state index contributed by atoms with van der Waals surface area (Å²) in [7, 11) is 0. The van der Waals surface area contributed by atoms with Gasteiger partial charge in [0.2, 0.25) is 0 Å². The van der Waals surface area contributed by atoms with Crippen LogP contribution in [0, 0.1) is 0 Å². The van der Waals surface area contributed by atoms with Gasteiger partial charge in [-0.05, 0) is 56.3 Å². The number of hydrazine groups is 1. The van der Waals surface area contributed by atoms with Crippen molar-refractivity contribution in [3.63, 3.8) is 0 Å². The molecule has 0 bridgehead atoms. The van der Waals surface area contributed by atoms with Crippen molar-refractivity contribution in [1.29, 1.82) is 0 Å². The van der Waals surface area contributed by atoms with Crippen LogP contribution in [0.15, 0.2) is 54.2 Å². The first-order valence-electron chi connectivity index (χ1n) is 8.71. The van der Waals surface area contributed by atoms with Gasteiger partial charge in [-0.15, -0.1) is 0 Å². The summed E-state index contributed by atoms with van der Waals surface area (Å²) < 4.78 is 0. The summed E-state index contributed by atoms with van der Waals surface area (Å²) in [5.41, 5.74) is 2.35. The van der Waals surface area contributed by atoms with E-state index in [-0.39, 0.29) is 5.91 Å². The summed E-state index contributed by atoms with van der Waals surface area (Å²) in [5, 5.41) is 5.61. The largest absolute Gasteiger partial charge is 0.339 e. The highest BCUT2D eigenvalue weighted by molar-refractivity contribution is 6.36. The molecule has 0 spiro atoms. The summed E-state index contributed by atoms with van der Waals surface area (Å²) in [5.74, 6) is 0.0200. The second kappa shape index (κ2) is 8.42. The predicted molar refractivity (Wildman–Crippen MR) is 114 cm³/mol. The van der Waals surface area contributed by atoms with Gasteiger partial charge < -0.3 is 4.90 Å². The Bertz CT molecular complexity index is 863. The molecule has 2 aromatic carbocycles. The first-order valence-corrected chi connectivity index (χ1v) is 9.85. The van der Waals surface area contributed by atoms with Crippen LogP contribution >= 0.6 is 34.8 Å². The molecule has 0 saturated heterocycles. The van der Waals surface area contributed by atoms with E-state index in [1.807, 2.05) is 60.4 Å². The molecule has 0 N–H and O–H groups in total. The molecule has 0 aromatic heterocycles. The highest BCUT2D eigenvalue weighted by Crippen LogP contribution is 2.35. The molecule has 1 aliphatic rings. The summed E-state index contributed by atoms with van der Waals surface area (Å²) in [6, 6.07) is 12.8. The number of anilines is 2. The van der Waals surface area contributed by atoms with Crippen LogP contribution in [0.5, 0.6) is 0 Å². The average Bonchev–Trinajstić information content (AvgIpc) is 3.08. The van der Waals surface area contributed by atoms with Crippen molar-refractivity contribution in [2.24, 2.45) is 0 Å². The smallest absolute Gasteiger partial charge is 0.253 e. The van der Waals surface area contributed by atoms with E-state index in [4.69, 9.17) is 34.8 Å². The van der Waals surface area contributed by atoms with Crippen molar-refractivity contribution >= 4 is 52.1 Å². The van der Waals surface area contributed by atoms with E-state index in [2.05, 4.69) is 0 Å². The molecule has 0 radical (unpaired) electrons. The van der Waals surface area contributed by atoms with E-state index in [9.17, 15) is 4.79 Å². The van der Waals surface area contributed by atoms with E-state index in [1.165, 1.54) is 0 Å². The zero-order valence-electron chi connectivity index (χ0n) is 15.1. The van der Waals surface area contributed by atoms with Gasteiger partial charge in [0, 0.05) is 29.3 Å². The summed E-state index contributed by atoms with van der Waals surface area (Å²) in [6.45, 7) is 5.69. The fourth-order valence-corrected chi connectivity index (χ4v) is 3.66. The van der Waals surface area contributed by atoms with Crippen molar-refractivity contribution in [2.75, 3.05) is 29.7 Å². The van der Waals surface area contributed by atoms with Gasteiger partial charge in [0.15, 0.2) is 0 Å². The number of carbonyl (C=O) groups is 1. The van der Waals surface area contributed by atoms with Gasteiger partial charge in [-0.25, -0.2) is 0 Å². The molecular weight excluding hydrogens is 405 g/mol. The molecule has 7 heteroatoms. The van der Waals surface area contributed by atoms with Crippen molar-refractivity contribution in [2.45, 2.75) is 13.8 Å². The molecule has 1 aliphatic heterocycles. The predicted octanol–water partition coefficient (Wildman–Crippen LogP) is 5.64. The molecule has 0 aliphatic carbocycles. The molecule has 2 aromatic rings. The van der Waals surface area contributed by atoms with E-state index in [0.29, 0.717) is 40.3 Å². The maximum atomic E-state index is 12.9. The molecule has 4 nitrogen and oxygen atoms in total. The third kappa shape index (κ3) is 4.18. The number of likely N-dealkylation sites (N-methyl/N-ethyl adjacent to an activating group) is 1. The lowest BCUT2D eigenvalue weighted by Crippen LogP contribution is -2.37. The maximum absolute atomic E-state index is 12.9. The van der Waals surface area contributed by atoms with E-state index < -0.39 is 0 Å². The quantitative estimate of drug-likeness (QED) is 0.621. The van der Waals surface area contributed by atoms with Crippen molar-refractivity contribution in [3.8, 4) is 0 Å². The normalized spacial score (nSPS) is 13.7. The molecule has 0 unspecified atom stereocenters. The zero-order chi connectivity index (χ0) is 19.6. The first-order chi connectivity index (χ1) is 12.9. The van der Waals surface area contributed by atoms with Crippen molar-refractivity contribution in [3.05, 3.63) is 69.3 Å². The molecule has 1 heterocycles. The van der Waals surface area contributed by atoms with Crippen LogP contribution in [-0.4, -0.2) is 30.4 Å². The molecule has 0 fully saturated rings. The van der Waals surface area contributed by atoms with Crippen molar-refractivity contribution < 1.29 is 4.79 Å². The van der Waals surface area contributed by atoms with E-state index >= 15 is 0 Å². The lowest BCUT2D eigenvalue weighted by atomic mass is 10.2. The number of benzene rings is 2. The fraction of sp³-hybridized carbons (Fsp3) is 0.250. The SMILES string of the molecule is CCN(CC)C(=O)C1=CN(c2ccc(Cl)cc2)N(c2ccc(Cl)cc2Cl)C1. The maximum Gasteiger partial charge on any atom is 0.253 e. The Morgan fingerprint density at radius 2 is 1.63 bits per heavy atom. The van der Waals surface area contributed by atoms with Crippen LogP contribution < -0.4 is 10.0 Å². The summed E-state index contributed by atoms with van der Waals surface area (Å²) >= 11 is 18.5. The number of hydrogen-bond acceptors (Lipinski definition) is 3. The van der Waals surface area contributed by atoms with E-state index in [0.717, 1.165) is 11.4 Å². The Kier molecular flexibility index (Phi) is 6.20. The van der Waals surface area contributed by atoms with Crippen LogP contribution in [0.25, 0.3) is 0 Å². The highest BCUT2D eigenvalue weighted by Gasteiger charge is 2.30. The zero-order valence-corrected chi connectivity index (χ0v) is 17.4. The van der Waals surface area contributed by atoms with Gasteiger partial charge in [-0.2, -0.15) is 0 Å². The van der Waals surface area contributed by atoms with Crippen LogP contribution in [0.1, 0.15) is 13.8 Å². The molecule has 27 heavy (non-hydrogen) atoms. The number of rotatable bonds is 5. The lowest BCUT2D eigenvalue weighted by molar-refractivity contribution is -0.126. The standard InChI is InChI=1S/C20H20Cl3N3O/c1-3-24(4-2)20(27)14-12-25(17-8-5-15(21)6-9-17)26(13-14)19-10-7-16(22)11-18(19)23/h5-12H,3-4,13H2,1-2H3. The number of carbonyl (C=O) groups excluding carboxylic acids is 1. The second-order valence-electron chi connectivity index (χ2n) is 6.11. The van der Waals surface area contributed by atoms with Crippen LogP contribution in [0.3, 0.4) is 0 Å². The lowest BCUT2D eigenvalue weighted by Gasteiger charge is -2.31. The molecule has 0 atom stereocenters. The van der Waals surface area contributed by atoms with Gasteiger partial charge in [0.25, 0.3) is 5.91 Å². The Morgan fingerprint density at radius 1 is 1.00 bits per heavy atom. The van der Waals surface area contributed by atoms with Crippen LogP contribution in [0.2, 0.25) is 15.1 Å². The minimum absolute atomic E-state index is 0.0200. The van der Waals surface area contributed by atoms with Gasteiger partial charge in [-0.3, -0.25) is 14.8 Å². The Hall–Kier alpha value is -1.88. The van der Waals surface area contributed by atoms with Crippen molar-refractivity contribution in [1.82, 2.24) is 4.90 Å². The minimum Gasteiger partial charge on any atom is -0.339 e. The molecule has 0 saturated carbocycles. The second-order valence-corrected chi connectivity index (χ2v) is 7.39. The van der Waals surface area contributed by atoms with Gasteiger partial charge in [0.05, 0.1) is 28.5 Å². The number of nitrogens with zero attached hydrogens (tertiary/aromatic N) is 3. The van der Waals surface area contributed by atoms with E-state index in [1.54, 1.807) is 17.0 Å². The molecule has 1 amide bonds. The Labute approximate surface area is 174 Å². The Morgan fingerprint density at radius 3 is 2.22 bits per heavy atom. The van der Waals surface area contributed by atoms with Crippen LogP contribution in [-0.2, 0) is 4.79 Å². The summed E-state index contributed by atoms with van der Waals surface area (Å²) in [4.78, 5) is 14.7. The molecule has 3 rings (SSSR count). The first kappa shape index (κ1) is 19.9. The third-order valence-electron chi connectivity index (χ3n) is 4.46. The molecule has 142 valence electrons. The topological polar surface area (TPSA) is 26.8 Å². The number of amides is 1. The monoisotopic (exact) mass is 423 g/mol. The number of halogens is 3. The third-order valence-corrected chi connectivity index (χ3v) is 5.25. The summed E-state index contributed by atoms with van der Waals surface area (Å²) in [6.07, 6.45) is 1.86. The Balaban J connectivity index is 2.01. The number of hydrogen-bond donors (Lipinski definition) is 0. The molecular formula is C20H20Cl3N3O.